The Morgan fingerprint density at radius 2 is 2.12 bits per heavy atom. The topological polar surface area (TPSA) is 64.2 Å². The van der Waals surface area contributed by atoms with Crippen molar-refractivity contribution in [3.63, 3.8) is 0 Å². The van der Waals surface area contributed by atoms with Crippen molar-refractivity contribution in [3.05, 3.63) is 41.3 Å². The van der Waals surface area contributed by atoms with Gasteiger partial charge in [0.15, 0.2) is 5.82 Å². The number of nitrogens with two attached hydrogens (primary N) is 1. The number of rotatable bonds is 2. The van der Waals surface area contributed by atoms with Crippen LogP contribution in [0.3, 0.4) is 0 Å². The van der Waals surface area contributed by atoms with E-state index in [9.17, 15) is 0 Å². The summed E-state index contributed by atoms with van der Waals surface area (Å²) in [6.45, 7) is 1.90. The van der Waals surface area contributed by atoms with E-state index in [2.05, 4.69) is 15.0 Å². The molecule has 2 N–H and O–H groups in total. The lowest BCUT2D eigenvalue weighted by Gasteiger charge is -2.06. The molecule has 2 heterocycles. The maximum absolute atomic E-state index is 6.04. The molecule has 0 aliphatic carbocycles. The normalized spacial score (nSPS) is 10.9. The second-order valence-electron chi connectivity index (χ2n) is 3.42. The van der Waals surface area contributed by atoms with Gasteiger partial charge in [-0.3, -0.25) is 0 Å². The first kappa shape index (κ1) is 11.5. The molecule has 2 rings (SSSR count). The molecule has 2 aromatic rings. The van der Waals surface area contributed by atoms with Gasteiger partial charge in [-0.25, -0.2) is 15.0 Å². The van der Waals surface area contributed by atoms with Gasteiger partial charge in [0.25, 0.3) is 0 Å². The van der Waals surface area contributed by atoms with Crippen LogP contribution < -0.4 is 5.73 Å². The molecule has 4 nitrogen and oxygen atoms in total. The van der Waals surface area contributed by atoms with Crippen LogP contribution >= 0.6 is 11.6 Å². The minimum atomic E-state index is 0.465. The van der Waals surface area contributed by atoms with Crippen molar-refractivity contribution < 1.29 is 0 Å². The van der Waals surface area contributed by atoms with Gasteiger partial charge in [0.2, 0.25) is 0 Å². The first-order valence-corrected chi connectivity index (χ1v) is 5.43. The lowest BCUT2D eigenvalue weighted by molar-refractivity contribution is 1.18. The van der Waals surface area contributed by atoms with Gasteiger partial charge in [-0.1, -0.05) is 11.6 Å². The fraction of sp³-hybridized carbons (Fsp3) is 0.0833. The smallest absolute Gasteiger partial charge is 0.153 e. The molecule has 0 amide bonds. The van der Waals surface area contributed by atoms with E-state index in [1.807, 2.05) is 25.1 Å². The highest BCUT2D eigenvalue weighted by molar-refractivity contribution is 6.32. The largest absolute Gasteiger partial charge is 0.390 e. The highest BCUT2D eigenvalue weighted by atomic mass is 35.5. The summed E-state index contributed by atoms with van der Waals surface area (Å²) in [4.78, 5) is 12.3. The van der Waals surface area contributed by atoms with Gasteiger partial charge in [-0.05, 0) is 31.2 Å². The van der Waals surface area contributed by atoms with Crippen molar-refractivity contribution in [1.29, 1.82) is 0 Å². The maximum atomic E-state index is 6.04. The molecule has 17 heavy (non-hydrogen) atoms. The van der Waals surface area contributed by atoms with Crippen molar-refractivity contribution in [3.8, 4) is 11.1 Å². The summed E-state index contributed by atoms with van der Waals surface area (Å²) in [6, 6.07) is 7.44. The summed E-state index contributed by atoms with van der Waals surface area (Å²) in [5.41, 5.74) is 7.86. The summed E-state index contributed by atoms with van der Waals surface area (Å²) in [5, 5.41) is 0.465. The van der Waals surface area contributed by atoms with Crippen molar-refractivity contribution in [1.82, 2.24) is 9.97 Å². The van der Waals surface area contributed by atoms with Crippen LogP contribution in [0.25, 0.3) is 11.1 Å². The summed E-state index contributed by atoms with van der Waals surface area (Å²) in [5.74, 6) is 0.578. The third kappa shape index (κ3) is 2.42. The standard InChI is InChI=1S/C12H11ClN4/c1-8-9(4-5-11(17-8)16-7-14)10-3-2-6-15-12(10)13/h2-7H,1H3,(H2,14,16,17). The molecule has 0 aromatic carbocycles. The molecule has 0 unspecified atom stereocenters. The number of aromatic nitrogens is 2. The lowest BCUT2D eigenvalue weighted by Crippen LogP contribution is -1.92. The van der Waals surface area contributed by atoms with E-state index in [4.69, 9.17) is 17.3 Å². The molecule has 0 aliphatic heterocycles. The van der Waals surface area contributed by atoms with E-state index < -0.39 is 0 Å². The lowest BCUT2D eigenvalue weighted by atomic mass is 10.1. The van der Waals surface area contributed by atoms with Gasteiger partial charge in [0.1, 0.15) is 5.15 Å². The molecule has 0 saturated carbocycles. The second kappa shape index (κ2) is 4.93. The van der Waals surface area contributed by atoms with Gasteiger partial charge in [0.05, 0.1) is 6.34 Å². The van der Waals surface area contributed by atoms with Crippen molar-refractivity contribution in [2.24, 2.45) is 10.7 Å². The Bertz CT molecular complexity index is 566. The van der Waals surface area contributed by atoms with Gasteiger partial charge in [0, 0.05) is 23.0 Å². The SMILES string of the molecule is Cc1nc(N=CN)ccc1-c1cccnc1Cl. The summed E-state index contributed by atoms with van der Waals surface area (Å²) in [7, 11) is 0. The quantitative estimate of drug-likeness (QED) is 0.503. The zero-order valence-electron chi connectivity index (χ0n) is 9.26. The minimum Gasteiger partial charge on any atom is -0.390 e. The monoisotopic (exact) mass is 246 g/mol. The van der Waals surface area contributed by atoms with Gasteiger partial charge < -0.3 is 5.73 Å². The number of pyridine rings is 2. The summed E-state index contributed by atoms with van der Waals surface area (Å²) >= 11 is 6.04. The Labute approximate surface area is 104 Å². The van der Waals surface area contributed by atoms with Crippen LogP contribution in [0, 0.1) is 6.92 Å². The van der Waals surface area contributed by atoms with E-state index in [-0.39, 0.29) is 0 Å². The molecule has 0 saturated heterocycles. The van der Waals surface area contributed by atoms with Gasteiger partial charge in [-0.2, -0.15) is 0 Å². The summed E-state index contributed by atoms with van der Waals surface area (Å²) in [6.07, 6.45) is 2.88. The predicted molar refractivity (Wildman–Crippen MR) is 69.6 cm³/mol. The number of nitrogens with zero attached hydrogens (tertiary/aromatic N) is 3. The van der Waals surface area contributed by atoms with Crippen LogP contribution in [0.2, 0.25) is 5.15 Å². The average molecular weight is 247 g/mol. The van der Waals surface area contributed by atoms with E-state index >= 15 is 0 Å². The van der Waals surface area contributed by atoms with E-state index in [0.29, 0.717) is 11.0 Å². The first-order valence-electron chi connectivity index (χ1n) is 5.05. The molecular formula is C12H11ClN4. The Balaban J connectivity index is 2.51. The van der Waals surface area contributed by atoms with Crippen LogP contribution in [0.15, 0.2) is 35.5 Å². The van der Waals surface area contributed by atoms with Crippen LogP contribution in [0.5, 0.6) is 0 Å². The zero-order valence-corrected chi connectivity index (χ0v) is 10.0. The van der Waals surface area contributed by atoms with Crippen LogP contribution in [-0.2, 0) is 0 Å². The molecule has 0 fully saturated rings. The fourth-order valence-corrected chi connectivity index (χ4v) is 1.79. The van der Waals surface area contributed by atoms with Crippen LogP contribution in [0.1, 0.15) is 5.69 Å². The summed E-state index contributed by atoms with van der Waals surface area (Å²) < 4.78 is 0. The second-order valence-corrected chi connectivity index (χ2v) is 3.78. The van der Waals surface area contributed by atoms with Crippen molar-refractivity contribution in [2.75, 3.05) is 0 Å². The fourth-order valence-electron chi connectivity index (χ4n) is 1.57. The third-order valence-electron chi connectivity index (χ3n) is 2.33. The molecule has 0 atom stereocenters. The molecule has 0 spiro atoms. The molecule has 0 bridgehead atoms. The minimum absolute atomic E-state index is 0.465. The van der Waals surface area contributed by atoms with Crippen LogP contribution in [-0.4, -0.2) is 16.3 Å². The Morgan fingerprint density at radius 1 is 1.29 bits per heavy atom. The third-order valence-corrected chi connectivity index (χ3v) is 2.63. The van der Waals surface area contributed by atoms with Crippen molar-refractivity contribution >= 4 is 23.8 Å². The number of hydrogen-bond acceptors (Lipinski definition) is 3. The Kier molecular flexibility index (Phi) is 3.35. The molecular weight excluding hydrogens is 236 g/mol. The predicted octanol–water partition coefficient (Wildman–Crippen LogP) is 2.72. The Hall–Kier alpha value is -1.94. The van der Waals surface area contributed by atoms with Gasteiger partial charge >= 0.3 is 0 Å². The number of aliphatic imine (C=N–C) groups is 1. The number of halogens is 1. The highest BCUT2D eigenvalue weighted by Crippen LogP contribution is 2.28. The zero-order chi connectivity index (χ0) is 12.3. The van der Waals surface area contributed by atoms with Gasteiger partial charge in [-0.15, -0.1) is 0 Å². The first-order chi connectivity index (χ1) is 8.22. The van der Waals surface area contributed by atoms with E-state index in [0.717, 1.165) is 16.8 Å². The molecule has 2 aromatic heterocycles. The van der Waals surface area contributed by atoms with E-state index in [1.165, 1.54) is 6.34 Å². The van der Waals surface area contributed by atoms with Crippen LogP contribution in [0.4, 0.5) is 5.82 Å². The number of aryl methyl sites for hydroxylation is 1. The molecule has 0 aliphatic rings. The molecule has 5 heteroatoms. The van der Waals surface area contributed by atoms with E-state index in [1.54, 1.807) is 12.3 Å². The number of hydrogen-bond donors (Lipinski definition) is 1. The highest BCUT2D eigenvalue weighted by Gasteiger charge is 2.08. The molecule has 0 radical (unpaired) electrons. The molecule has 86 valence electrons. The maximum Gasteiger partial charge on any atom is 0.153 e. The average Bonchev–Trinajstić information content (AvgIpc) is 2.31. The Morgan fingerprint density at radius 3 is 2.76 bits per heavy atom. The van der Waals surface area contributed by atoms with Crippen molar-refractivity contribution in [2.45, 2.75) is 6.92 Å².